The number of methoxy groups -OCH3 is 1. The third kappa shape index (κ3) is 6.25. The van der Waals surface area contributed by atoms with Crippen LogP contribution in [0.5, 0.6) is 5.75 Å². The number of epoxide rings is 1. The van der Waals surface area contributed by atoms with Gasteiger partial charge in [0.25, 0.3) is 5.92 Å². The van der Waals surface area contributed by atoms with E-state index in [-0.39, 0.29) is 48.1 Å². The van der Waals surface area contributed by atoms with Gasteiger partial charge in [-0.3, -0.25) is 14.4 Å². The molecule has 41 heavy (non-hydrogen) atoms. The molecule has 11 heteroatoms. The molecule has 1 aromatic rings. The molecule has 4 aliphatic rings. The summed E-state index contributed by atoms with van der Waals surface area (Å²) in [4.78, 5) is 39.4. The van der Waals surface area contributed by atoms with E-state index in [2.05, 4.69) is 16.0 Å². The van der Waals surface area contributed by atoms with Gasteiger partial charge in [0, 0.05) is 23.6 Å². The third-order valence-corrected chi connectivity index (χ3v) is 8.94. The molecule has 2 aliphatic heterocycles. The van der Waals surface area contributed by atoms with Crippen molar-refractivity contribution in [1.82, 2.24) is 16.0 Å². The SMILES string of the molecule is COc1ccc(C[C@H](NC(=O)[C@@H](C)NC(=O)[C@H]2CC[C@H](O)CC2)C2=C3C(C[C@@H](C(=O)[C@@]4(C)CO4)N2)CC3(F)F)cc1. The van der Waals surface area contributed by atoms with Crippen molar-refractivity contribution < 1.29 is 37.7 Å². The van der Waals surface area contributed by atoms with Crippen LogP contribution in [0.15, 0.2) is 35.5 Å². The number of fused-ring (bicyclic) bond motifs is 1. The minimum Gasteiger partial charge on any atom is -0.497 e. The summed E-state index contributed by atoms with van der Waals surface area (Å²) < 4.78 is 40.5. The number of aliphatic hydroxyl groups is 1. The van der Waals surface area contributed by atoms with Gasteiger partial charge in [-0.25, -0.2) is 8.78 Å². The Labute approximate surface area is 238 Å². The smallest absolute Gasteiger partial charge is 0.272 e. The molecule has 2 saturated carbocycles. The number of Topliss-reactive ketones (excluding diaryl/α,β-unsaturated/α-hetero) is 1. The summed E-state index contributed by atoms with van der Waals surface area (Å²) >= 11 is 0. The van der Waals surface area contributed by atoms with E-state index in [9.17, 15) is 28.3 Å². The van der Waals surface area contributed by atoms with Crippen molar-refractivity contribution in [3.8, 4) is 5.75 Å². The number of ether oxygens (including phenoxy) is 2. The highest BCUT2D eigenvalue weighted by Gasteiger charge is 2.59. The lowest BCUT2D eigenvalue weighted by Crippen LogP contribution is -2.59. The Morgan fingerprint density at radius 2 is 1.80 bits per heavy atom. The van der Waals surface area contributed by atoms with Crippen LogP contribution in [0.3, 0.4) is 0 Å². The zero-order chi connectivity index (χ0) is 29.5. The molecule has 2 heterocycles. The van der Waals surface area contributed by atoms with Crippen LogP contribution in [-0.2, 0) is 25.5 Å². The van der Waals surface area contributed by atoms with E-state index >= 15 is 0 Å². The maximum Gasteiger partial charge on any atom is 0.272 e. The molecule has 3 fully saturated rings. The summed E-state index contributed by atoms with van der Waals surface area (Å²) in [6, 6.07) is 4.57. The molecule has 4 N–H and O–H groups in total. The van der Waals surface area contributed by atoms with Crippen molar-refractivity contribution in [2.24, 2.45) is 11.8 Å². The van der Waals surface area contributed by atoms with Crippen molar-refractivity contribution in [2.75, 3.05) is 13.7 Å². The average Bonchev–Trinajstić information content (AvgIpc) is 3.70. The first kappa shape index (κ1) is 29.4. The minimum absolute atomic E-state index is 0.0697. The van der Waals surface area contributed by atoms with Crippen molar-refractivity contribution >= 4 is 17.6 Å². The summed E-state index contributed by atoms with van der Waals surface area (Å²) in [6.45, 7) is 3.54. The highest BCUT2D eigenvalue weighted by Crippen LogP contribution is 2.53. The highest BCUT2D eigenvalue weighted by molar-refractivity contribution is 5.94. The Morgan fingerprint density at radius 1 is 1.15 bits per heavy atom. The lowest BCUT2D eigenvalue weighted by atomic mass is 9.67. The molecule has 1 aromatic carbocycles. The van der Waals surface area contributed by atoms with Gasteiger partial charge in [-0.05, 0) is 76.0 Å². The number of hydrogen-bond donors (Lipinski definition) is 4. The quantitative estimate of drug-likeness (QED) is 0.316. The molecular weight excluding hydrogens is 536 g/mol. The Morgan fingerprint density at radius 3 is 2.39 bits per heavy atom. The number of ketones is 1. The fraction of sp³-hybridized carbons (Fsp3) is 0.633. The van der Waals surface area contributed by atoms with E-state index in [1.54, 1.807) is 45.2 Å². The summed E-state index contributed by atoms with van der Waals surface area (Å²) in [5, 5.41) is 18.5. The number of alkyl halides is 2. The first-order valence-corrected chi connectivity index (χ1v) is 14.4. The van der Waals surface area contributed by atoms with Gasteiger partial charge in [0.1, 0.15) is 17.4 Å². The third-order valence-electron chi connectivity index (χ3n) is 8.94. The van der Waals surface area contributed by atoms with Gasteiger partial charge in [-0.1, -0.05) is 12.1 Å². The molecule has 0 bridgehead atoms. The van der Waals surface area contributed by atoms with Crippen LogP contribution in [0, 0.1) is 11.8 Å². The van der Waals surface area contributed by atoms with E-state index in [0.717, 1.165) is 5.56 Å². The summed E-state index contributed by atoms with van der Waals surface area (Å²) in [6.07, 6.45) is 1.81. The largest absolute Gasteiger partial charge is 0.497 e. The number of carbonyl (C=O) groups is 3. The predicted octanol–water partition coefficient (Wildman–Crippen LogP) is 2.41. The number of hydrogen-bond acceptors (Lipinski definition) is 7. The lowest BCUT2D eigenvalue weighted by molar-refractivity contribution is -0.132. The van der Waals surface area contributed by atoms with Gasteiger partial charge in [-0.2, -0.15) is 0 Å². The van der Waals surface area contributed by atoms with Crippen molar-refractivity contribution in [3.05, 3.63) is 41.1 Å². The van der Waals surface area contributed by atoms with E-state index in [1.807, 2.05) is 0 Å². The zero-order valence-electron chi connectivity index (χ0n) is 23.7. The molecule has 5 atom stereocenters. The van der Waals surface area contributed by atoms with E-state index in [1.165, 1.54) is 0 Å². The molecule has 224 valence electrons. The molecule has 1 unspecified atom stereocenters. The molecule has 1 saturated heterocycles. The fourth-order valence-corrected chi connectivity index (χ4v) is 6.25. The zero-order valence-corrected chi connectivity index (χ0v) is 23.7. The molecule has 0 radical (unpaired) electrons. The first-order valence-electron chi connectivity index (χ1n) is 14.4. The van der Waals surface area contributed by atoms with Crippen LogP contribution in [0.25, 0.3) is 0 Å². The van der Waals surface area contributed by atoms with Gasteiger partial charge >= 0.3 is 0 Å². The molecule has 9 nitrogen and oxygen atoms in total. The second-order valence-corrected chi connectivity index (χ2v) is 12.1. The van der Waals surface area contributed by atoms with Crippen LogP contribution in [0.4, 0.5) is 8.78 Å². The van der Waals surface area contributed by atoms with Gasteiger partial charge in [0.15, 0.2) is 5.78 Å². The summed E-state index contributed by atoms with van der Waals surface area (Å²) in [7, 11) is 1.54. The van der Waals surface area contributed by atoms with Gasteiger partial charge in [-0.15, -0.1) is 0 Å². The van der Waals surface area contributed by atoms with Crippen LogP contribution in [0.1, 0.15) is 57.9 Å². The Balaban J connectivity index is 1.38. The second kappa shape index (κ2) is 11.3. The Bertz CT molecular complexity index is 1210. The summed E-state index contributed by atoms with van der Waals surface area (Å²) in [5.74, 6) is -4.15. The standard InChI is InChI=1S/C30H39F2N3O6/c1-16(33-28(39)18-6-8-20(36)9-7-18)27(38)35-22(12-17-4-10-21(40-3)11-5-17)25-24-19(14-30(24,31)32)13-23(34-25)26(37)29(2)15-41-29/h4-5,10-11,16,18-20,22-23,34,36H,6-9,12-15H2,1-3H3,(H,33,39)(H,35,38)/t16-,18-,19?,20-,22+,23+,29-/m1/s1. The molecule has 0 aromatic heterocycles. The van der Waals surface area contributed by atoms with E-state index < -0.39 is 47.6 Å². The fourth-order valence-electron chi connectivity index (χ4n) is 6.25. The van der Waals surface area contributed by atoms with Crippen LogP contribution in [0.2, 0.25) is 0 Å². The monoisotopic (exact) mass is 575 g/mol. The number of amides is 2. The number of benzene rings is 1. The first-order chi connectivity index (χ1) is 19.4. The second-order valence-electron chi connectivity index (χ2n) is 12.1. The topological polar surface area (TPSA) is 129 Å². The maximum absolute atomic E-state index is 15.0. The number of allylic oxidation sites excluding steroid dienone is 1. The lowest BCUT2D eigenvalue weighted by Gasteiger charge is -2.48. The van der Waals surface area contributed by atoms with Crippen molar-refractivity contribution in [2.45, 2.75) is 94.5 Å². The van der Waals surface area contributed by atoms with Crippen LogP contribution in [-0.4, -0.2) is 72.2 Å². The van der Waals surface area contributed by atoms with Gasteiger partial charge < -0.3 is 30.5 Å². The summed E-state index contributed by atoms with van der Waals surface area (Å²) in [5.41, 5.74) is -0.0628. The predicted molar refractivity (Wildman–Crippen MR) is 145 cm³/mol. The average molecular weight is 576 g/mol. The Kier molecular flexibility index (Phi) is 8.13. The molecule has 5 rings (SSSR count). The highest BCUT2D eigenvalue weighted by atomic mass is 19.3. The molecule has 0 spiro atoms. The van der Waals surface area contributed by atoms with Crippen molar-refractivity contribution in [1.29, 1.82) is 0 Å². The number of nitrogens with one attached hydrogen (secondary N) is 3. The van der Waals surface area contributed by atoms with E-state index in [0.29, 0.717) is 38.0 Å². The molecule has 2 aliphatic carbocycles. The van der Waals surface area contributed by atoms with E-state index in [4.69, 9.17) is 9.47 Å². The van der Waals surface area contributed by atoms with Crippen molar-refractivity contribution in [3.63, 3.8) is 0 Å². The normalized spacial score (nSPS) is 31.5. The van der Waals surface area contributed by atoms with Crippen LogP contribution < -0.4 is 20.7 Å². The number of rotatable bonds is 10. The number of aliphatic hydroxyl groups excluding tert-OH is 1. The number of carbonyl (C=O) groups excluding carboxylic acids is 3. The maximum atomic E-state index is 15.0. The van der Waals surface area contributed by atoms with Gasteiger partial charge in [0.05, 0.1) is 31.9 Å². The minimum atomic E-state index is -3.05. The van der Waals surface area contributed by atoms with Crippen LogP contribution >= 0.6 is 0 Å². The number of halogens is 2. The van der Waals surface area contributed by atoms with Gasteiger partial charge in [0.2, 0.25) is 11.8 Å². The molecular formula is C30H39F2N3O6. The molecule has 2 amide bonds. The Hall–Kier alpha value is -3.05.